The van der Waals surface area contributed by atoms with Crippen LogP contribution in [0, 0.1) is 17.8 Å². The van der Waals surface area contributed by atoms with Crippen molar-refractivity contribution >= 4 is 5.82 Å². The van der Waals surface area contributed by atoms with Gasteiger partial charge >= 0.3 is 5.69 Å². The van der Waals surface area contributed by atoms with Crippen LogP contribution in [0.15, 0.2) is 41.3 Å². The largest absolute Gasteiger partial charge is 0.383 e. The summed E-state index contributed by atoms with van der Waals surface area (Å²) < 4.78 is 1.49. The van der Waals surface area contributed by atoms with Crippen LogP contribution in [0.2, 0.25) is 0 Å². The summed E-state index contributed by atoms with van der Waals surface area (Å²) in [6.07, 6.45) is 2.65. The quantitative estimate of drug-likeness (QED) is 0.663. The summed E-state index contributed by atoms with van der Waals surface area (Å²) in [6, 6.07) is 9.84. The number of hydrogen-bond donors (Lipinski definition) is 3. The lowest BCUT2D eigenvalue weighted by atomic mass is 10.1. The van der Waals surface area contributed by atoms with Gasteiger partial charge in [0.25, 0.3) is 0 Å². The van der Waals surface area contributed by atoms with Crippen LogP contribution in [0.5, 0.6) is 0 Å². The predicted molar refractivity (Wildman–Crippen MR) is 102 cm³/mol. The summed E-state index contributed by atoms with van der Waals surface area (Å²) in [7, 11) is 0. The highest BCUT2D eigenvalue weighted by atomic mass is 16.1. The first kappa shape index (κ1) is 17.2. The Hall–Kier alpha value is -2.22. The number of nitrogen functional groups attached to an aromatic ring is 1. The molecular formula is C19H26N6O. The number of aromatic nitrogens is 2. The molecular weight excluding hydrogens is 328 g/mol. The van der Waals surface area contributed by atoms with E-state index in [0.717, 1.165) is 43.6 Å². The van der Waals surface area contributed by atoms with Crippen molar-refractivity contribution in [3.05, 3.63) is 52.6 Å². The number of nitrogens with two attached hydrogens (primary N) is 3. The molecule has 0 bridgehead atoms. The van der Waals surface area contributed by atoms with Crippen molar-refractivity contribution in [3.8, 4) is 5.69 Å². The highest BCUT2D eigenvalue weighted by Gasteiger charge is 2.57. The smallest absolute Gasteiger partial charge is 0.354 e. The molecule has 2 aromatic rings. The minimum atomic E-state index is -0.362. The first-order valence-electron chi connectivity index (χ1n) is 9.19. The highest BCUT2D eigenvalue weighted by molar-refractivity contribution is 5.36. The lowest BCUT2D eigenvalue weighted by Crippen LogP contribution is -2.37. The van der Waals surface area contributed by atoms with Gasteiger partial charge in [0, 0.05) is 38.4 Å². The zero-order valence-corrected chi connectivity index (χ0v) is 14.8. The maximum Gasteiger partial charge on any atom is 0.354 e. The number of anilines is 1. The molecule has 2 heterocycles. The average molecular weight is 354 g/mol. The number of piperidine rings is 1. The Kier molecular flexibility index (Phi) is 4.52. The number of nitrogens with zero attached hydrogens (tertiary/aromatic N) is 3. The van der Waals surface area contributed by atoms with E-state index in [2.05, 4.69) is 22.0 Å². The van der Waals surface area contributed by atoms with Gasteiger partial charge in [-0.1, -0.05) is 12.1 Å². The summed E-state index contributed by atoms with van der Waals surface area (Å²) in [4.78, 5) is 18.2. The van der Waals surface area contributed by atoms with Gasteiger partial charge in [-0.25, -0.2) is 4.79 Å². The molecule has 2 aliphatic rings. The predicted octanol–water partition coefficient (Wildman–Crippen LogP) is -0.179. The summed E-state index contributed by atoms with van der Waals surface area (Å²) in [5, 5.41) is 0. The van der Waals surface area contributed by atoms with Crippen molar-refractivity contribution in [3.63, 3.8) is 0 Å². The Balaban J connectivity index is 1.31. The molecule has 0 amide bonds. The zero-order valence-electron chi connectivity index (χ0n) is 14.8. The lowest BCUT2D eigenvalue weighted by molar-refractivity contribution is 0.279. The third-order valence-electron chi connectivity index (χ3n) is 5.86. The highest BCUT2D eigenvalue weighted by Crippen LogP contribution is 2.52. The molecule has 3 unspecified atom stereocenters. The topological polar surface area (TPSA) is 116 Å². The van der Waals surface area contributed by atoms with E-state index in [1.54, 1.807) is 12.3 Å². The second-order valence-corrected chi connectivity index (χ2v) is 7.49. The number of fused-ring (bicyclic) bond motifs is 1. The van der Waals surface area contributed by atoms with Gasteiger partial charge in [0.2, 0.25) is 0 Å². The van der Waals surface area contributed by atoms with E-state index >= 15 is 0 Å². The molecule has 1 saturated carbocycles. The third-order valence-corrected chi connectivity index (χ3v) is 5.86. The second-order valence-electron chi connectivity index (χ2n) is 7.49. The van der Waals surface area contributed by atoms with Crippen LogP contribution in [0.1, 0.15) is 5.56 Å². The van der Waals surface area contributed by atoms with Gasteiger partial charge in [-0.15, -0.1) is 0 Å². The molecule has 1 saturated heterocycles. The van der Waals surface area contributed by atoms with Gasteiger partial charge in [-0.3, -0.25) is 4.57 Å². The Labute approximate surface area is 152 Å². The molecule has 0 spiro atoms. The van der Waals surface area contributed by atoms with Gasteiger partial charge in [-0.2, -0.15) is 4.98 Å². The number of hydrogen-bond acceptors (Lipinski definition) is 6. The molecule has 0 radical (unpaired) electrons. The van der Waals surface area contributed by atoms with E-state index in [9.17, 15) is 4.79 Å². The Morgan fingerprint density at radius 3 is 2.46 bits per heavy atom. The molecule has 2 fully saturated rings. The van der Waals surface area contributed by atoms with Gasteiger partial charge in [-0.05, 0) is 47.9 Å². The summed E-state index contributed by atoms with van der Waals surface area (Å²) in [5.41, 5.74) is 19.0. The first-order chi connectivity index (χ1) is 12.6. The van der Waals surface area contributed by atoms with E-state index in [4.69, 9.17) is 17.2 Å². The maximum absolute atomic E-state index is 11.9. The maximum atomic E-state index is 11.9. The van der Waals surface area contributed by atoms with E-state index < -0.39 is 0 Å². The van der Waals surface area contributed by atoms with E-state index in [-0.39, 0.29) is 17.5 Å². The summed E-state index contributed by atoms with van der Waals surface area (Å²) >= 11 is 0. The van der Waals surface area contributed by atoms with Crippen LogP contribution in [-0.2, 0) is 6.42 Å². The second kappa shape index (κ2) is 6.83. The Morgan fingerprint density at radius 2 is 1.85 bits per heavy atom. The average Bonchev–Trinajstić information content (AvgIpc) is 3.14. The van der Waals surface area contributed by atoms with Crippen molar-refractivity contribution in [2.45, 2.75) is 12.5 Å². The summed E-state index contributed by atoms with van der Waals surface area (Å²) in [6.45, 7) is 3.94. The van der Waals surface area contributed by atoms with Gasteiger partial charge in [0.05, 0.1) is 5.69 Å². The number of rotatable bonds is 6. The molecule has 26 heavy (non-hydrogen) atoms. The third kappa shape index (κ3) is 3.25. The van der Waals surface area contributed by atoms with Crippen molar-refractivity contribution in [1.82, 2.24) is 14.5 Å². The normalized spacial score (nSPS) is 25.8. The van der Waals surface area contributed by atoms with E-state index in [1.807, 2.05) is 12.1 Å². The van der Waals surface area contributed by atoms with Crippen LogP contribution in [0.4, 0.5) is 5.82 Å². The van der Waals surface area contributed by atoms with Crippen LogP contribution in [0.25, 0.3) is 5.69 Å². The first-order valence-corrected chi connectivity index (χ1v) is 9.19. The van der Waals surface area contributed by atoms with Crippen molar-refractivity contribution in [1.29, 1.82) is 0 Å². The van der Waals surface area contributed by atoms with Crippen LogP contribution >= 0.6 is 0 Å². The number of benzene rings is 1. The lowest BCUT2D eigenvalue weighted by Gasteiger charge is -2.21. The summed E-state index contributed by atoms with van der Waals surface area (Å²) in [5.74, 6) is 2.38. The number of likely N-dealkylation sites (tertiary alicyclic amines) is 1. The monoisotopic (exact) mass is 354 g/mol. The Morgan fingerprint density at radius 1 is 1.15 bits per heavy atom. The van der Waals surface area contributed by atoms with E-state index in [0.29, 0.717) is 12.5 Å². The van der Waals surface area contributed by atoms with Crippen molar-refractivity contribution in [2.75, 3.05) is 31.9 Å². The molecule has 138 valence electrons. The molecule has 1 aromatic heterocycles. The van der Waals surface area contributed by atoms with Gasteiger partial charge < -0.3 is 22.1 Å². The van der Waals surface area contributed by atoms with Crippen LogP contribution in [0.3, 0.4) is 0 Å². The van der Waals surface area contributed by atoms with E-state index in [1.165, 1.54) is 10.1 Å². The SMILES string of the molecule is NCC(N)C1C2CN(CCc3ccc(-n4ccc(N)nc4=O)cc3)CC21. The van der Waals surface area contributed by atoms with Crippen molar-refractivity contribution in [2.24, 2.45) is 29.2 Å². The molecule has 6 N–H and O–H groups in total. The molecule has 3 atom stereocenters. The fourth-order valence-electron chi connectivity index (χ4n) is 4.36. The molecule has 7 heteroatoms. The van der Waals surface area contributed by atoms with Crippen molar-refractivity contribution < 1.29 is 0 Å². The standard InChI is InChI=1S/C19H26N6O/c20-9-16(21)18-14-10-24(11-15(14)18)7-5-12-1-3-13(4-2-12)25-8-6-17(22)23-19(25)26/h1-4,6,8,14-16,18H,5,7,9-11,20-21H2,(H2,22,23,26). The fraction of sp³-hybridized carbons (Fsp3) is 0.474. The fourth-order valence-corrected chi connectivity index (χ4v) is 4.36. The molecule has 1 aromatic carbocycles. The van der Waals surface area contributed by atoms with Gasteiger partial charge in [0.1, 0.15) is 5.82 Å². The van der Waals surface area contributed by atoms with Crippen LogP contribution < -0.4 is 22.9 Å². The minimum Gasteiger partial charge on any atom is -0.383 e. The van der Waals surface area contributed by atoms with Gasteiger partial charge in [0.15, 0.2) is 0 Å². The Bertz CT molecular complexity index is 821. The molecule has 1 aliphatic carbocycles. The van der Waals surface area contributed by atoms with Crippen LogP contribution in [-0.4, -0.2) is 46.7 Å². The molecule has 7 nitrogen and oxygen atoms in total. The molecule has 4 rings (SSSR count). The minimum absolute atomic E-state index is 0.172. The zero-order chi connectivity index (χ0) is 18.3. The molecule has 1 aliphatic heterocycles.